The number of ether oxygens (including phenoxy) is 3. The average Bonchev–Trinajstić information content (AvgIpc) is 2.75. The first-order chi connectivity index (χ1) is 14.8. The van der Waals surface area contributed by atoms with Gasteiger partial charge in [0.15, 0.2) is 11.5 Å². The number of hydrogen-bond donors (Lipinski definition) is 1. The summed E-state index contributed by atoms with van der Waals surface area (Å²) in [5.74, 6) is 0.0928. The van der Waals surface area contributed by atoms with Gasteiger partial charge < -0.3 is 14.2 Å². The van der Waals surface area contributed by atoms with Crippen molar-refractivity contribution >= 4 is 27.6 Å². The topological polar surface area (TPSA) is 90.9 Å². The van der Waals surface area contributed by atoms with E-state index in [9.17, 15) is 17.6 Å². The van der Waals surface area contributed by atoms with E-state index in [0.717, 1.165) is 6.07 Å². The highest BCUT2D eigenvalue weighted by Crippen LogP contribution is 2.32. The van der Waals surface area contributed by atoms with Crippen LogP contribution >= 0.6 is 11.6 Å². The second-order valence-electron chi connectivity index (χ2n) is 6.91. The number of benzene rings is 2. The van der Waals surface area contributed by atoms with E-state index in [-0.39, 0.29) is 29.5 Å². The summed E-state index contributed by atoms with van der Waals surface area (Å²) < 4.78 is 56.3. The van der Waals surface area contributed by atoms with Crippen LogP contribution in [0.2, 0.25) is 5.02 Å². The molecule has 0 saturated heterocycles. The molecular formula is C21H23ClFNO6S. The Labute approximate surface area is 185 Å². The molecule has 0 radical (unpaired) electrons. The van der Waals surface area contributed by atoms with Gasteiger partial charge >= 0.3 is 5.97 Å². The Kier molecular flexibility index (Phi) is 8.11. The number of esters is 1. The molecule has 1 heterocycles. The van der Waals surface area contributed by atoms with Crippen LogP contribution in [0.3, 0.4) is 0 Å². The summed E-state index contributed by atoms with van der Waals surface area (Å²) in [6.45, 7) is 1.04. The zero-order chi connectivity index (χ0) is 22.3. The fourth-order valence-corrected chi connectivity index (χ4v) is 4.23. The third-order valence-corrected chi connectivity index (χ3v) is 6.39. The molecule has 31 heavy (non-hydrogen) atoms. The van der Waals surface area contributed by atoms with E-state index < -0.39 is 21.8 Å². The normalized spacial score (nSPS) is 13.1. The average molecular weight is 472 g/mol. The summed E-state index contributed by atoms with van der Waals surface area (Å²) in [6.07, 6.45) is 1.98. The van der Waals surface area contributed by atoms with Gasteiger partial charge in [0.1, 0.15) is 25.6 Å². The molecule has 1 N–H and O–H groups in total. The van der Waals surface area contributed by atoms with Crippen LogP contribution in [-0.2, 0) is 26.2 Å². The van der Waals surface area contributed by atoms with Crippen LogP contribution in [0.25, 0.3) is 0 Å². The summed E-state index contributed by atoms with van der Waals surface area (Å²) >= 11 is 5.89. The standard InChI is InChI=1S/C21H23ClFNO6S/c22-18-12-16(23)6-5-15(18)14-30-21(25)4-2-1-3-9-24-31(26,27)17-7-8-19-20(13-17)29-11-10-28-19/h5-8,12-13,24H,1-4,9-11,14H2. The lowest BCUT2D eigenvalue weighted by atomic mass is 10.2. The summed E-state index contributed by atoms with van der Waals surface area (Å²) in [4.78, 5) is 11.9. The summed E-state index contributed by atoms with van der Waals surface area (Å²) in [7, 11) is -3.66. The minimum Gasteiger partial charge on any atom is -0.486 e. The zero-order valence-corrected chi connectivity index (χ0v) is 18.3. The van der Waals surface area contributed by atoms with E-state index in [1.165, 1.54) is 24.3 Å². The number of unbranched alkanes of at least 4 members (excludes halogenated alkanes) is 2. The second kappa shape index (κ2) is 10.8. The Morgan fingerprint density at radius 2 is 1.84 bits per heavy atom. The first-order valence-corrected chi connectivity index (χ1v) is 11.7. The molecule has 3 rings (SSSR count). The minimum atomic E-state index is -3.66. The maximum atomic E-state index is 13.0. The number of hydrogen-bond acceptors (Lipinski definition) is 6. The zero-order valence-electron chi connectivity index (χ0n) is 16.7. The van der Waals surface area contributed by atoms with Crippen LogP contribution in [0, 0.1) is 5.82 Å². The van der Waals surface area contributed by atoms with Gasteiger partial charge in [0.05, 0.1) is 9.92 Å². The molecule has 0 unspecified atom stereocenters. The van der Waals surface area contributed by atoms with Crippen molar-refractivity contribution in [2.45, 2.75) is 37.2 Å². The molecule has 10 heteroatoms. The van der Waals surface area contributed by atoms with Gasteiger partial charge in [-0.25, -0.2) is 17.5 Å². The van der Waals surface area contributed by atoms with Gasteiger partial charge in [0.25, 0.3) is 0 Å². The highest BCUT2D eigenvalue weighted by molar-refractivity contribution is 7.89. The van der Waals surface area contributed by atoms with Gasteiger partial charge in [0, 0.05) is 24.6 Å². The van der Waals surface area contributed by atoms with Crippen LogP contribution in [0.1, 0.15) is 31.2 Å². The number of carbonyl (C=O) groups is 1. The van der Waals surface area contributed by atoms with Crippen molar-refractivity contribution in [1.82, 2.24) is 4.72 Å². The first-order valence-electron chi connectivity index (χ1n) is 9.84. The Morgan fingerprint density at radius 3 is 2.61 bits per heavy atom. The smallest absolute Gasteiger partial charge is 0.306 e. The molecule has 168 valence electrons. The molecule has 1 aliphatic heterocycles. The summed E-state index contributed by atoms with van der Waals surface area (Å²) in [6, 6.07) is 8.38. The molecule has 7 nitrogen and oxygen atoms in total. The first kappa shape index (κ1) is 23.3. The van der Waals surface area contributed by atoms with E-state index in [2.05, 4.69) is 4.72 Å². The van der Waals surface area contributed by atoms with E-state index in [1.807, 2.05) is 0 Å². The van der Waals surface area contributed by atoms with Crippen molar-refractivity contribution in [2.24, 2.45) is 0 Å². The maximum Gasteiger partial charge on any atom is 0.306 e. The lowest BCUT2D eigenvalue weighted by Crippen LogP contribution is -2.25. The van der Waals surface area contributed by atoms with Crippen LogP contribution in [0.5, 0.6) is 11.5 Å². The summed E-state index contributed by atoms with van der Waals surface area (Å²) in [5.41, 5.74) is 0.532. The Hall–Kier alpha value is -2.36. The third kappa shape index (κ3) is 6.81. The molecule has 0 aliphatic carbocycles. The third-order valence-electron chi connectivity index (χ3n) is 4.58. The number of carbonyl (C=O) groups excluding carboxylic acids is 1. The molecule has 0 amide bonds. The maximum absolute atomic E-state index is 13.0. The van der Waals surface area contributed by atoms with Crippen molar-refractivity contribution in [3.8, 4) is 11.5 Å². The van der Waals surface area contributed by atoms with Gasteiger partial charge in [0.2, 0.25) is 10.0 Å². The highest BCUT2D eigenvalue weighted by Gasteiger charge is 2.19. The van der Waals surface area contributed by atoms with Gasteiger partial charge in [-0.15, -0.1) is 0 Å². The molecule has 2 aromatic carbocycles. The van der Waals surface area contributed by atoms with Crippen LogP contribution < -0.4 is 14.2 Å². The van der Waals surface area contributed by atoms with E-state index in [0.29, 0.717) is 49.5 Å². The molecule has 0 atom stereocenters. The largest absolute Gasteiger partial charge is 0.486 e. The highest BCUT2D eigenvalue weighted by atomic mass is 35.5. The van der Waals surface area contributed by atoms with E-state index >= 15 is 0 Å². The lowest BCUT2D eigenvalue weighted by Gasteiger charge is -2.18. The molecule has 0 aromatic heterocycles. The summed E-state index contributed by atoms with van der Waals surface area (Å²) in [5, 5.41) is 0.207. The monoisotopic (exact) mass is 471 g/mol. The molecular weight excluding hydrogens is 449 g/mol. The molecule has 0 spiro atoms. The van der Waals surface area contributed by atoms with Crippen molar-refractivity contribution < 1.29 is 31.8 Å². The number of halogens is 2. The van der Waals surface area contributed by atoms with E-state index in [1.54, 1.807) is 6.07 Å². The molecule has 0 saturated carbocycles. The molecule has 0 fully saturated rings. The predicted octanol–water partition coefficient (Wildman–Crippen LogP) is 3.83. The van der Waals surface area contributed by atoms with Crippen molar-refractivity contribution in [1.29, 1.82) is 0 Å². The fourth-order valence-electron chi connectivity index (χ4n) is 2.92. The van der Waals surface area contributed by atoms with Gasteiger partial charge in [-0.2, -0.15) is 0 Å². The van der Waals surface area contributed by atoms with Crippen molar-refractivity contribution in [2.75, 3.05) is 19.8 Å². The quantitative estimate of drug-likeness (QED) is 0.418. The van der Waals surface area contributed by atoms with Crippen LogP contribution in [0.4, 0.5) is 4.39 Å². The van der Waals surface area contributed by atoms with Gasteiger partial charge in [-0.3, -0.25) is 4.79 Å². The predicted molar refractivity (Wildman–Crippen MR) is 112 cm³/mol. The van der Waals surface area contributed by atoms with Gasteiger partial charge in [-0.1, -0.05) is 24.1 Å². The number of fused-ring (bicyclic) bond motifs is 1. The molecule has 0 bridgehead atoms. The lowest BCUT2D eigenvalue weighted by molar-refractivity contribution is -0.145. The Balaban J connectivity index is 1.34. The second-order valence-corrected chi connectivity index (χ2v) is 9.08. The molecule has 1 aliphatic rings. The number of nitrogens with one attached hydrogen (secondary N) is 1. The van der Waals surface area contributed by atoms with Crippen LogP contribution in [0.15, 0.2) is 41.3 Å². The Morgan fingerprint density at radius 1 is 1.06 bits per heavy atom. The van der Waals surface area contributed by atoms with Crippen molar-refractivity contribution in [3.63, 3.8) is 0 Å². The SMILES string of the molecule is O=C(CCCCCNS(=O)(=O)c1ccc2c(c1)OCCO2)OCc1ccc(F)cc1Cl. The fraction of sp³-hybridized carbons (Fsp3) is 0.381. The van der Waals surface area contributed by atoms with Crippen molar-refractivity contribution in [3.05, 3.63) is 52.8 Å². The Bertz CT molecular complexity index is 1030. The number of rotatable bonds is 10. The molecule has 2 aromatic rings. The minimum absolute atomic E-state index is 0.0206. The number of sulfonamides is 1. The van der Waals surface area contributed by atoms with Crippen LogP contribution in [-0.4, -0.2) is 34.1 Å². The van der Waals surface area contributed by atoms with Gasteiger partial charge in [-0.05, 0) is 37.1 Å². The van der Waals surface area contributed by atoms with E-state index in [4.69, 9.17) is 25.8 Å².